The third-order valence-corrected chi connectivity index (χ3v) is 4.04. The second-order valence-electron chi connectivity index (χ2n) is 4.89. The van der Waals surface area contributed by atoms with Crippen molar-refractivity contribution in [3.8, 4) is 5.75 Å². The molecule has 0 amide bonds. The number of carbonyl (C=O) groups excluding carboxylic acids is 1. The molecule has 0 bridgehead atoms. The summed E-state index contributed by atoms with van der Waals surface area (Å²) in [6.07, 6.45) is 3.68. The fourth-order valence-corrected chi connectivity index (χ4v) is 3.29. The van der Waals surface area contributed by atoms with E-state index in [0.717, 1.165) is 31.4 Å². The van der Waals surface area contributed by atoms with Crippen molar-refractivity contribution < 1.29 is 9.53 Å². The van der Waals surface area contributed by atoms with Crippen molar-refractivity contribution in [1.82, 2.24) is 0 Å². The van der Waals surface area contributed by atoms with Crippen molar-refractivity contribution in [1.29, 1.82) is 0 Å². The Morgan fingerprint density at radius 2 is 2.19 bits per heavy atom. The average molecular weight is 216 g/mol. The van der Waals surface area contributed by atoms with E-state index in [-0.39, 0.29) is 0 Å². The van der Waals surface area contributed by atoms with Gasteiger partial charge in [-0.25, -0.2) is 0 Å². The van der Waals surface area contributed by atoms with Gasteiger partial charge in [-0.1, -0.05) is 12.1 Å². The minimum absolute atomic E-state index is 0.417. The van der Waals surface area contributed by atoms with Gasteiger partial charge >= 0.3 is 0 Å². The molecular formula is C14H16O2. The summed E-state index contributed by atoms with van der Waals surface area (Å²) in [5, 5.41) is 0. The summed E-state index contributed by atoms with van der Waals surface area (Å²) in [4.78, 5) is 11.6. The van der Waals surface area contributed by atoms with E-state index in [4.69, 9.17) is 4.74 Å². The van der Waals surface area contributed by atoms with Crippen LogP contribution in [-0.4, -0.2) is 12.9 Å². The van der Waals surface area contributed by atoms with Crippen LogP contribution < -0.4 is 4.74 Å². The molecule has 0 aliphatic heterocycles. The lowest BCUT2D eigenvalue weighted by Crippen LogP contribution is -2.20. The Balaban J connectivity index is 2.05. The van der Waals surface area contributed by atoms with Gasteiger partial charge in [-0.2, -0.15) is 0 Å². The van der Waals surface area contributed by atoms with E-state index in [1.807, 2.05) is 6.07 Å². The molecule has 2 heteroatoms. The van der Waals surface area contributed by atoms with Gasteiger partial charge in [0.15, 0.2) is 0 Å². The van der Waals surface area contributed by atoms with Crippen molar-refractivity contribution in [2.45, 2.75) is 31.6 Å². The molecule has 0 N–H and O–H groups in total. The van der Waals surface area contributed by atoms with E-state index in [9.17, 15) is 4.79 Å². The summed E-state index contributed by atoms with van der Waals surface area (Å²) in [6.45, 7) is 0. The maximum Gasteiger partial charge on any atom is 0.133 e. The molecule has 0 aromatic heterocycles. The Hall–Kier alpha value is -1.31. The highest BCUT2D eigenvalue weighted by Gasteiger charge is 2.38. The second-order valence-corrected chi connectivity index (χ2v) is 4.89. The number of hydrogen-bond donors (Lipinski definition) is 0. The van der Waals surface area contributed by atoms with Gasteiger partial charge in [0, 0.05) is 18.4 Å². The zero-order chi connectivity index (χ0) is 11.1. The molecule has 2 aliphatic rings. The molecular weight excluding hydrogens is 200 g/mol. The molecule has 2 aliphatic carbocycles. The normalized spacial score (nSPS) is 27.4. The highest BCUT2D eigenvalue weighted by molar-refractivity contribution is 5.81. The molecule has 0 saturated heterocycles. The number of ether oxygens (including phenoxy) is 1. The molecule has 2 nitrogen and oxygen atoms in total. The summed E-state index contributed by atoms with van der Waals surface area (Å²) in [6, 6.07) is 6.25. The first-order valence-corrected chi connectivity index (χ1v) is 5.97. The molecule has 0 radical (unpaired) electrons. The minimum Gasteiger partial charge on any atom is -0.496 e. The maximum atomic E-state index is 11.6. The standard InChI is InChI=1S/C14H16O2/c1-16-13-4-2-3-10-7-9-5-6-11(15)8-12(9)14(10)13/h2-4,9,12H,5-8H2,1H3/t9-,12-/m0/s1. The van der Waals surface area contributed by atoms with Crippen LogP contribution >= 0.6 is 0 Å². The van der Waals surface area contributed by atoms with Crippen LogP contribution in [0.4, 0.5) is 0 Å². The quantitative estimate of drug-likeness (QED) is 0.721. The topological polar surface area (TPSA) is 26.3 Å². The number of benzene rings is 1. The van der Waals surface area contributed by atoms with E-state index in [1.54, 1.807) is 7.11 Å². The number of hydrogen-bond acceptors (Lipinski definition) is 2. The third kappa shape index (κ3) is 1.36. The van der Waals surface area contributed by atoms with Crippen LogP contribution in [0.25, 0.3) is 0 Å². The molecule has 84 valence electrons. The Morgan fingerprint density at radius 3 is 3.00 bits per heavy atom. The Kier molecular flexibility index (Phi) is 2.23. The monoisotopic (exact) mass is 216 g/mol. The van der Waals surface area contributed by atoms with Crippen molar-refractivity contribution in [2.75, 3.05) is 7.11 Å². The third-order valence-electron chi connectivity index (χ3n) is 4.04. The highest BCUT2D eigenvalue weighted by atomic mass is 16.5. The van der Waals surface area contributed by atoms with E-state index >= 15 is 0 Å². The van der Waals surface area contributed by atoms with Gasteiger partial charge in [0.2, 0.25) is 0 Å². The van der Waals surface area contributed by atoms with Crippen LogP contribution in [0.3, 0.4) is 0 Å². The van der Waals surface area contributed by atoms with Gasteiger partial charge in [0.05, 0.1) is 7.11 Å². The summed E-state index contributed by atoms with van der Waals surface area (Å²) < 4.78 is 5.43. The molecule has 0 heterocycles. The summed E-state index contributed by atoms with van der Waals surface area (Å²) in [5.74, 6) is 2.48. The van der Waals surface area contributed by atoms with Crippen molar-refractivity contribution in [2.24, 2.45) is 5.92 Å². The zero-order valence-corrected chi connectivity index (χ0v) is 9.53. The van der Waals surface area contributed by atoms with Gasteiger partial charge in [-0.15, -0.1) is 0 Å². The van der Waals surface area contributed by atoms with Gasteiger partial charge in [0.1, 0.15) is 11.5 Å². The lowest BCUT2D eigenvalue weighted by molar-refractivity contribution is -0.121. The van der Waals surface area contributed by atoms with Crippen molar-refractivity contribution >= 4 is 5.78 Å². The molecule has 2 atom stereocenters. The SMILES string of the molecule is COc1cccc2c1[C@H]1CC(=O)CC[C@H]1C2. The van der Waals surface area contributed by atoms with E-state index in [0.29, 0.717) is 17.6 Å². The number of fused-ring (bicyclic) bond motifs is 3. The van der Waals surface area contributed by atoms with Crippen molar-refractivity contribution in [3.05, 3.63) is 29.3 Å². The Bertz CT molecular complexity index is 436. The predicted molar refractivity (Wildman–Crippen MR) is 61.8 cm³/mol. The number of Topliss-reactive ketones (excluding diaryl/α,β-unsaturated/α-hetero) is 1. The van der Waals surface area contributed by atoms with Gasteiger partial charge < -0.3 is 4.74 Å². The summed E-state index contributed by atoms with van der Waals surface area (Å²) in [7, 11) is 1.72. The summed E-state index contributed by atoms with van der Waals surface area (Å²) in [5.41, 5.74) is 2.70. The second kappa shape index (κ2) is 3.62. The van der Waals surface area contributed by atoms with Crippen LogP contribution in [0.5, 0.6) is 5.75 Å². The van der Waals surface area contributed by atoms with Gasteiger partial charge in [-0.3, -0.25) is 4.79 Å². The molecule has 0 spiro atoms. The largest absolute Gasteiger partial charge is 0.496 e. The molecule has 1 aromatic rings. The summed E-state index contributed by atoms with van der Waals surface area (Å²) >= 11 is 0. The van der Waals surface area contributed by atoms with Crippen molar-refractivity contribution in [3.63, 3.8) is 0 Å². The van der Waals surface area contributed by atoms with Crippen LogP contribution in [0, 0.1) is 5.92 Å². The molecule has 1 fully saturated rings. The number of rotatable bonds is 1. The fraction of sp³-hybridized carbons (Fsp3) is 0.500. The number of carbonyl (C=O) groups is 1. The lowest BCUT2D eigenvalue weighted by Gasteiger charge is -2.25. The number of methoxy groups -OCH3 is 1. The molecule has 3 rings (SSSR count). The van der Waals surface area contributed by atoms with E-state index < -0.39 is 0 Å². The van der Waals surface area contributed by atoms with Crippen LogP contribution in [-0.2, 0) is 11.2 Å². The Labute approximate surface area is 95.6 Å². The molecule has 1 saturated carbocycles. The number of ketones is 1. The molecule has 16 heavy (non-hydrogen) atoms. The van der Waals surface area contributed by atoms with E-state index in [1.165, 1.54) is 11.1 Å². The van der Waals surface area contributed by atoms with Crippen LogP contribution in [0.1, 0.15) is 36.3 Å². The van der Waals surface area contributed by atoms with Gasteiger partial charge in [0.25, 0.3) is 0 Å². The predicted octanol–water partition coefficient (Wildman–Crippen LogP) is 2.70. The Morgan fingerprint density at radius 1 is 1.31 bits per heavy atom. The average Bonchev–Trinajstić information content (AvgIpc) is 2.66. The minimum atomic E-state index is 0.417. The molecule has 0 unspecified atom stereocenters. The first kappa shape index (κ1) is 9.88. The van der Waals surface area contributed by atoms with Crippen LogP contribution in [0.2, 0.25) is 0 Å². The fourth-order valence-electron chi connectivity index (χ4n) is 3.29. The first-order chi connectivity index (χ1) is 7.79. The zero-order valence-electron chi connectivity index (χ0n) is 9.53. The van der Waals surface area contributed by atoms with Gasteiger partial charge in [-0.05, 0) is 36.3 Å². The lowest BCUT2D eigenvalue weighted by atomic mass is 9.79. The highest BCUT2D eigenvalue weighted by Crippen LogP contribution is 2.48. The molecule has 1 aromatic carbocycles. The van der Waals surface area contributed by atoms with E-state index in [2.05, 4.69) is 12.1 Å². The first-order valence-electron chi connectivity index (χ1n) is 5.97. The van der Waals surface area contributed by atoms with Crippen LogP contribution in [0.15, 0.2) is 18.2 Å². The smallest absolute Gasteiger partial charge is 0.133 e. The maximum absolute atomic E-state index is 11.6.